The van der Waals surface area contributed by atoms with Crippen molar-refractivity contribution in [1.29, 1.82) is 0 Å². The number of hydrogen-bond donors (Lipinski definition) is 1. The number of hydrogen-bond acceptors (Lipinski definition) is 7. The first-order valence-electron chi connectivity index (χ1n) is 10.5. The van der Waals surface area contributed by atoms with Gasteiger partial charge in [-0.15, -0.1) is 0 Å². The van der Waals surface area contributed by atoms with Crippen LogP contribution in [0.1, 0.15) is 32.3 Å². The Bertz CT molecular complexity index is 890. The highest BCUT2D eigenvalue weighted by molar-refractivity contribution is 5.97. The van der Waals surface area contributed by atoms with Crippen LogP contribution in [0.2, 0.25) is 0 Å². The van der Waals surface area contributed by atoms with E-state index in [0.29, 0.717) is 24.4 Å². The van der Waals surface area contributed by atoms with Gasteiger partial charge in [-0.3, -0.25) is 9.78 Å². The van der Waals surface area contributed by atoms with Crippen molar-refractivity contribution in [1.82, 2.24) is 20.3 Å². The Hall–Kier alpha value is -3.22. The highest BCUT2D eigenvalue weighted by Crippen LogP contribution is 2.20. The van der Waals surface area contributed by atoms with Crippen LogP contribution in [0.25, 0.3) is 0 Å². The molecule has 1 saturated heterocycles. The Kier molecular flexibility index (Phi) is 7.54. The lowest BCUT2D eigenvalue weighted by atomic mass is 10.1. The Morgan fingerprint density at radius 2 is 1.97 bits per heavy atom. The fraction of sp³-hybridized carbons (Fsp3) is 0.391. The predicted octanol–water partition coefficient (Wildman–Crippen LogP) is 3.12. The summed E-state index contributed by atoms with van der Waals surface area (Å²) in [7, 11) is 0. The van der Waals surface area contributed by atoms with Gasteiger partial charge in [-0.05, 0) is 56.9 Å². The van der Waals surface area contributed by atoms with Gasteiger partial charge in [-0.2, -0.15) is 4.98 Å². The van der Waals surface area contributed by atoms with Gasteiger partial charge in [-0.1, -0.05) is 6.58 Å². The summed E-state index contributed by atoms with van der Waals surface area (Å²) in [6.45, 7) is 11.0. The van der Waals surface area contributed by atoms with Crippen molar-refractivity contribution in [2.24, 2.45) is 0 Å². The molecule has 0 saturated carbocycles. The van der Waals surface area contributed by atoms with Gasteiger partial charge >= 0.3 is 0 Å². The van der Waals surface area contributed by atoms with Crippen LogP contribution >= 0.6 is 0 Å². The van der Waals surface area contributed by atoms with Gasteiger partial charge in [0.15, 0.2) is 5.78 Å². The van der Waals surface area contributed by atoms with Crippen LogP contribution in [0.5, 0.6) is 0 Å². The smallest absolute Gasteiger partial charge is 0.227 e. The van der Waals surface area contributed by atoms with E-state index in [0.717, 1.165) is 31.3 Å². The number of ketones is 1. The Balaban J connectivity index is 1.71. The summed E-state index contributed by atoms with van der Waals surface area (Å²) in [4.78, 5) is 29.7. The fourth-order valence-electron chi connectivity index (χ4n) is 3.43. The number of allylic oxidation sites excluding steroid dienone is 1. The Morgan fingerprint density at radius 1 is 1.23 bits per heavy atom. The van der Waals surface area contributed by atoms with Crippen LogP contribution in [0.15, 0.2) is 60.8 Å². The van der Waals surface area contributed by atoms with Crippen molar-refractivity contribution in [2.45, 2.75) is 33.1 Å². The average Bonchev–Trinajstić information content (AvgIpc) is 3.30. The van der Waals surface area contributed by atoms with E-state index >= 15 is 0 Å². The summed E-state index contributed by atoms with van der Waals surface area (Å²) >= 11 is 0. The summed E-state index contributed by atoms with van der Waals surface area (Å²) < 4.78 is 0. The number of anilines is 2. The largest absolute Gasteiger partial charge is 0.385 e. The zero-order valence-electron chi connectivity index (χ0n) is 17.8. The molecular formula is C23H30N6O. The summed E-state index contributed by atoms with van der Waals surface area (Å²) in [5, 5.41) is 3.28. The molecule has 2 aromatic heterocycles. The van der Waals surface area contributed by atoms with Gasteiger partial charge in [0.2, 0.25) is 5.95 Å². The fourth-order valence-corrected chi connectivity index (χ4v) is 3.43. The minimum absolute atomic E-state index is 0.0383. The van der Waals surface area contributed by atoms with E-state index < -0.39 is 0 Å². The van der Waals surface area contributed by atoms with Crippen molar-refractivity contribution in [3.8, 4) is 0 Å². The lowest BCUT2D eigenvalue weighted by Crippen LogP contribution is -2.25. The number of nitrogens with one attached hydrogen (secondary N) is 1. The lowest BCUT2D eigenvalue weighted by molar-refractivity contribution is -0.113. The second kappa shape index (κ2) is 10.5. The molecule has 1 aliphatic heterocycles. The minimum atomic E-state index is -0.0383. The third-order valence-electron chi connectivity index (χ3n) is 5.14. The molecule has 7 nitrogen and oxygen atoms in total. The molecule has 3 rings (SSSR count). The van der Waals surface area contributed by atoms with Crippen molar-refractivity contribution < 1.29 is 4.79 Å². The molecule has 1 aliphatic rings. The summed E-state index contributed by atoms with van der Waals surface area (Å²) in [6, 6.07) is 5.84. The molecule has 1 N–H and O–H groups in total. The first kappa shape index (κ1) is 21.5. The van der Waals surface area contributed by atoms with Crippen LogP contribution in [-0.4, -0.2) is 46.9 Å². The maximum Gasteiger partial charge on any atom is 0.227 e. The third kappa shape index (κ3) is 5.65. The second-order valence-corrected chi connectivity index (χ2v) is 7.30. The van der Waals surface area contributed by atoms with E-state index in [1.165, 1.54) is 18.4 Å². The standard InChI is InChI=1S/C23H30N6O/c1-4-28(22-10-14-26-23(27-22)29-15-5-6-16-29)17-21(19(3)30)18(2)25-13-9-20-7-11-24-12-8-20/h7-8,10-12,14,17,25H,2,4-6,9,13,15-16H2,1,3H3/b21-17-. The Morgan fingerprint density at radius 3 is 2.63 bits per heavy atom. The van der Waals surface area contributed by atoms with Gasteiger partial charge in [0.05, 0.1) is 5.57 Å². The molecule has 0 spiro atoms. The lowest BCUT2D eigenvalue weighted by Gasteiger charge is -2.22. The van der Waals surface area contributed by atoms with Crippen LogP contribution in [0.4, 0.5) is 11.8 Å². The molecule has 0 unspecified atom stereocenters. The molecule has 1 fully saturated rings. The minimum Gasteiger partial charge on any atom is -0.385 e. The van der Waals surface area contributed by atoms with E-state index in [1.54, 1.807) is 25.5 Å². The normalized spacial score (nSPS) is 13.9. The van der Waals surface area contributed by atoms with Crippen LogP contribution in [0, 0.1) is 0 Å². The molecule has 0 aromatic carbocycles. The maximum atomic E-state index is 12.3. The van der Waals surface area contributed by atoms with Gasteiger partial charge < -0.3 is 15.1 Å². The molecule has 158 valence electrons. The van der Waals surface area contributed by atoms with E-state index in [1.807, 2.05) is 36.2 Å². The number of carbonyl (C=O) groups excluding carboxylic acids is 1. The molecule has 0 atom stereocenters. The highest BCUT2D eigenvalue weighted by Gasteiger charge is 2.17. The summed E-state index contributed by atoms with van der Waals surface area (Å²) in [5.41, 5.74) is 2.35. The van der Waals surface area contributed by atoms with E-state index in [-0.39, 0.29) is 5.78 Å². The topological polar surface area (TPSA) is 74.2 Å². The number of carbonyl (C=O) groups is 1. The van der Waals surface area contributed by atoms with Crippen molar-refractivity contribution in [2.75, 3.05) is 36.0 Å². The van der Waals surface area contributed by atoms with Crippen LogP contribution < -0.4 is 15.1 Å². The highest BCUT2D eigenvalue weighted by atomic mass is 16.1. The van der Waals surface area contributed by atoms with Crippen molar-refractivity contribution in [3.63, 3.8) is 0 Å². The van der Waals surface area contributed by atoms with Gasteiger partial charge in [0.25, 0.3) is 0 Å². The van der Waals surface area contributed by atoms with Crippen LogP contribution in [0.3, 0.4) is 0 Å². The van der Waals surface area contributed by atoms with Crippen molar-refractivity contribution in [3.05, 3.63) is 66.4 Å². The molecular weight excluding hydrogens is 376 g/mol. The quantitative estimate of drug-likeness (QED) is 0.480. The average molecular weight is 407 g/mol. The number of aromatic nitrogens is 3. The maximum absolute atomic E-state index is 12.3. The second-order valence-electron chi connectivity index (χ2n) is 7.30. The number of nitrogens with zero attached hydrogens (tertiary/aromatic N) is 5. The third-order valence-corrected chi connectivity index (χ3v) is 5.14. The molecule has 0 radical (unpaired) electrons. The zero-order chi connectivity index (χ0) is 21.3. The van der Waals surface area contributed by atoms with E-state index in [2.05, 4.69) is 26.8 Å². The van der Waals surface area contributed by atoms with Gasteiger partial charge in [-0.25, -0.2) is 4.98 Å². The molecule has 3 heterocycles. The first-order chi connectivity index (χ1) is 14.6. The molecule has 2 aromatic rings. The molecule has 30 heavy (non-hydrogen) atoms. The number of pyridine rings is 1. The summed E-state index contributed by atoms with van der Waals surface area (Å²) in [6.07, 6.45) is 10.3. The van der Waals surface area contributed by atoms with E-state index in [4.69, 9.17) is 4.98 Å². The number of rotatable bonds is 10. The first-order valence-corrected chi connectivity index (χ1v) is 10.5. The number of Topliss-reactive ketones (excluding diaryl/α,β-unsaturated/α-hetero) is 1. The molecule has 0 amide bonds. The molecule has 0 bridgehead atoms. The Labute approximate surface area is 178 Å². The monoisotopic (exact) mass is 406 g/mol. The van der Waals surface area contributed by atoms with E-state index in [9.17, 15) is 4.79 Å². The zero-order valence-corrected chi connectivity index (χ0v) is 17.8. The van der Waals surface area contributed by atoms with Crippen molar-refractivity contribution >= 4 is 17.5 Å². The predicted molar refractivity (Wildman–Crippen MR) is 120 cm³/mol. The molecule has 0 aliphatic carbocycles. The van der Waals surface area contributed by atoms with Gasteiger partial charge in [0.1, 0.15) is 5.82 Å². The SMILES string of the molecule is C=C(NCCc1ccncc1)/C(=C/N(CC)c1ccnc(N2CCCC2)n1)C(C)=O. The van der Waals surface area contributed by atoms with Gasteiger partial charge in [0, 0.05) is 56.7 Å². The van der Waals surface area contributed by atoms with Crippen LogP contribution in [-0.2, 0) is 11.2 Å². The molecule has 7 heteroatoms. The summed E-state index contributed by atoms with van der Waals surface area (Å²) in [5.74, 6) is 1.48.